The molecule has 0 bridgehead atoms. The fraction of sp³-hybridized carbons (Fsp3) is 0.118. The van der Waals surface area contributed by atoms with Crippen molar-refractivity contribution in [3.05, 3.63) is 72.3 Å². The highest BCUT2D eigenvalue weighted by Crippen LogP contribution is 2.23. The first-order valence-electron chi connectivity index (χ1n) is 6.33. The molecule has 2 aromatic rings. The highest BCUT2D eigenvalue weighted by Gasteiger charge is 2.05. The van der Waals surface area contributed by atoms with Crippen LogP contribution in [0.3, 0.4) is 0 Å². The smallest absolute Gasteiger partial charge is 0.153 e. The van der Waals surface area contributed by atoms with E-state index in [-0.39, 0.29) is 0 Å². The minimum Gasteiger partial charge on any atom is -0.490 e. The Balaban J connectivity index is 2.07. The van der Waals surface area contributed by atoms with Gasteiger partial charge in [0.15, 0.2) is 6.29 Å². The Kier molecular flexibility index (Phi) is 4.95. The molecular weight excluding hydrogens is 252 g/mol. The van der Waals surface area contributed by atoms with Crippen LogP contribution in [-0.2, 0) is 6.61 Å². The van der Waals surface area contributed by atoms with Gasteiger partial charge in [-0.25, -0.2) is 0 Å². The van der Waals surface area contributed by atoms with Crippen LogP contribution in [0.2, 0.25) is 0 Å². The molecule has 0 aromatic heterocycles. The van der Waals surface area contributed by atoms with Crippen molar-refractivity contribution in [2.45, 2.75) is 6.61 Å². The summed E-state index contributed by atoms with van der Waals surface area (Å²) in [5.74, 6) is 1.17. The average molecular weight is 268 g/mol. The van der Waals surface area contributed by atoms with E-state index in [0.29, 0.717) is 30.3 Å². The molecule has 0 fully saturated rings. The molecule has 0 unspecified atom stereocenters. The SMILES string of the molecule is C=CCOc1ccc(OCc2ccccc2)c(C=O)c1. The molecule has 2 rings (SSSR count). The maximum atomic E-state index is 11.1. The molecule has 0 aliphatic rings. The first-order valence-corrected chi connectivity index (χ1v) is 6.33. The summed E-state index contributed by atoms with van der Waals surface area (Å²) in [7, 11) is 0. The summed E-state index contributed by atoms with van der Waals surface area (Å²) in [5, 5.41) is 0. The number of aldehydes is 1. The average Bonchev–Trinajstić information content (AvgIpc) is 2.52. The summed E-state index contributed by atoms with van der Waals surface area (Å²) < 4.78 is 11.0. The highest BCUT2D eigenvalue weighted by atomic mass is 16.5. The summed E-state index contributed by atoms with van der Waals surface area (Å²) in [6, 6.07) is 15.0. The van der Waals surface area contributed by atoms with Crippen molar-refractivity contribution in [1.82, 2.24) is 0 Å². The van der Waals surface area contributed by atoms with Crippen LogP contribution in [0.1, 0.15) is 15.9 Å². The van der Waals surface area contributed by atoms with E-state index < -0.39 is 0 Å². The van der Waals surface area contributed by atoms with Crippen LogP contribution >= 0.6 is 0 Å². The predicted octanol–water partition coefficient (Wildman–Crippen LogP) is 3.64. The zero-order chi connectivity index (χ0) is 14.2. The molecule has 0 aliphatic carbocycles. The predicted molar refractivity (Wildman–Crippen MR) is 78.3 cm³/mol. The van der Waals surface area contributed by atoms with Gasteiger partial charge in [-0.15, -0.1) is 0 Å². The van der Waals surface area contributed by atoms with E-state index in [4.69, 9.17) is 9.47 Å². The Bertz CT molecular complexity index is 576. The van der Waals surface area contributed by atoms with Gasteiger partial charge in [0.05, 0.1) is 5.56 Å². The summed E-state index contributed by atoms with van der Waals surface area (Å²) >= 11 is 0. The lowest BCUT2D eigenvalue weighted by Gasteiger charge is -2.10. The number of ether oxygens (including phenoxy) is 2. The van der Waals surface area contributed by atoms with E-state index in [1.165, 1.54) is 0 Å². The van der Waals surface area contributed by atoms with E-state index in [0.717, 1.165) is 11.8 Å². The summed E-state index contributed by atoms with van der Waals surface area (Å²) in [6.45, 7) is 4.41. The molecule has 0 N–H and O–H groups in total. The fourth-order valence-electron chi connectivity index (χ4n) is 1.73. The van der Waals surface area contributed by atoms with Crippen molar-refractivity contribution in [3.8, 4) is 11.5 Å². The first-order chi connectivity index (χ1) is 9.83. The lowest BCUT2D eigenvalue weighted by Crippen LogP contribution is -1.99. The van der Waals surface area contributed by atoms with Crippen molar-refractivity contribution in [2.24, 2.45) is 0 Å². The van der Waals surface area contributed by atoms with Gasteiger partial charge in [-0.1, -0.05) is 43.0 Å². The molecule has 0 radical (unpaired) electrons. The van der Waals surface area contributed by atoms with Crippen LogP contribution in [0.15, 0.2) is 61.2 Å². The van der Waals surface area contributed by atoms with Crippen LogP contribution in [0.25, 0.3) is 0 Å². The van der Waals surface area contributed by atoms with Crippen molar-refractivity contribution in [3.63, 3.8) is 0 Å². The zero-order valence-corrected chi connectivity index (χ0v) is 11.1. The molecule has 0 saturated carbocycles. The number of carbonyl (C=O) groups excluding carboxylic acids is 1. The minimum atomic E-state index is 0.405. The zero-order valence-electron chi connectivity index (χ0n) is 11.1. The van der Waals surface area contributed by atoms with Crippen LogP contribution in [-0.4, -0.2) is 12.9 Å². The van der Waals surface area contributed by atoms with Crippen LogP contribution in [0.5, 0.6) is 11.5 Å². The Morgan fingerprint density at radius 3 is 2.55 bits per heavy atom. The molecule has 0 amide bonds. The lowest BCUT2D eigenvalue weighted by atomic mass is 10.2. The molecule has 0 aliphatic heterocycles. The third-order valence-corrected chi connectivity index (χ3v) is 2.71. The Morgan fingerprint density at radius 2 is 1.85 bits per heavy atom. The summed E-state index contributed by atoms with van der Waals surface area (Å²) in [6.07, 6.45) is 2.42. The van der Waals surface area contributed by atoms with Crippen LogP contribution < -0.4 is 9.47 Å². The number of hydrogen-bond donors (Lipinski definition) is 0. The van der Waals surface area contributed by atoms with Crippen molar-refractivity contribution in [2.75, 3.05) is 6.61 Å². The van der Waals surface area contributed by atoms with Gasteiger partial charge in [0.1, 0.15) is 24.7 Å². The molecule has 3 heteroatoms. The topological polar surface area (TPSA) is 35.5 Å². The maximum Gasteiger partial charge on any atom is 0.153 e. The normalized spacial score (nSPS) is 9.80. The monoisotopic (exact) mass is 268 g/mol. The fourth-order valence-corrected chi connectivity index (χ4v) is 1.73. The van der Waals surface area contributed by atoms with Crippen LogP contribution in [0, 0.1) is 0 Å². The van der Waals surface area contributed by atoms with E-state index in [9.17, 15) is 4.79 Å². The summed E-state index contributed by atoms with van der Waals surface area (Å²) in [4.78, 5) is 11.1. The van der Waals surface area contributed by atoms with Gasteiger partial charge in [0.25, 0.3) is 0 Å². The van der Waals surface area contributed by atoms with Crippen molar-refractivity contribution >= 4 is 6.29 Å². The van der Waals surface area contributed by atoms with Gasteiger partial charge in [-0.05, 0) is 23.8 Å². The molecule has 0 saturated heterocycles. The lowest BCUT2D eigenvalue weighted by molar-refractivity contribution is 0.111. The minimum absolute atomic E-state index is 0.405. The van der Waals surface area contributed by atoms with Gasteiger partial charge in [0.2, 0.25) is 0 Å². The molecule has 0 heterocycles. The number of carbonyl (C=O) groups is 1. The van der Waals surface area contributed by atoms with E-state index >= 15 is 0 Å². The number of benzene rings is 2. The van der Waals surface area contributed by atoms with Gasteiger partial charge in [-0.3, -0.25) is 4.79 Å². The van der Waals surface area contributed by atoms with Gasteiger partial charge >= 0.3 is 0 Å². The second-order valence-electron chi connectivity index (χ2n) is 4.19. The number of hydrogen-bond acceptors (Lipinski definition) is 3. The second kappa shape index (κ2) is 7.14. The molecule has 2 aromatic carbocycles. The third kappa shape index (κ3) is 3.72. The largest absolute Gasteiger partial charge is 0.490 e. The maximum absolute atomic E-state index is 11.1. The van der Waals surface area contributed by atoms with Crippen molar-refractivity contribution in [1.29, 1.82) is 0 Å². The highest BCUT2D eigenvalue weighted by molar-refractivity contribution is 5.80. The quantitative estimate of drug-likeness (QED) is 0.568. The van der Waals surface area contributed by atoms with Gasteiger partial charge < -0.3 is 9.47 Å². The molecule has 0 atom stereocenters. The Labute approximate surface area is 118 Å². The molecule has 3 nitrogen and oxygen atoms in total. The molecule has 0 spiro atoms. The van der Waals surface area contributed by atoms with Gasteiger partial charge in [-0.2, -0.15) is 0 Å². The summed E-state index contributed by atoms with van der Waals surface area (Å²) in [5.41, 5.74) is 1.53. The van der Waals surface area contributed by atoms with E-state index in [1.807, 2.05) is 30.3 Å². The standard InChI is InChI=1S/C17H16O3/c1-2-10-19-16-8-9-17(15(11-16)12-18)20-13-14-6-4-3-5-7-14/h2-9,11-12H,1,10,13H2. The van der Waals surface area contributed by atoms with E-state index in [2.05, 4.69) is 6.58 Å². The first kappa shape index (κ1) is 13.9. The third-order valence-electron chi connectivity index (χ3n) is 2.71. The number of rotatable bonds is 7. The molecular formula is C17H16O3. The second-order valence-corrected chi connectivity index (χ2v) is 4.19. The van der Waals surface area contributed by atoms with Crippen LogP contribution in [0.4, 0.5) is 0 Å². The van der Waals surface area contributed by atoms with Crippen molar-refractivity contribution < 1.29 is 14.3 Å². The molecule has 20 heavy (non-hydrogen) atoms. The Morgan fingerprint density at radius 1 is 1.05 bits per heavy atom. The molecule has 102 valence electrons. The van der Waals surface area contributed by atoms with Gasteiger partial charge in [0, 0.05) is 0 Å². The Hall–Kier alpha value is -2.55. The van der Waals surface area contributed by atoms with E-state index in [1.54, 1.807) is 24.3 Å².